The van der Waals surface area contributed by atoms with Crippen molar-refractivity contribution in [2.75, 3.05) is 18.4 Å². The van der Waals surface area contributed by atoms with Crippen molar-refractivity contribution in [2.45, 2.75) is 32.7 Å². The van der Waals surface area contributed by atoms with Crippen LogP contribution in [0.15, 0.2) is 24.3 Å². The van der Waals surface area contributed by atoms with Gasteiger partial charge in [-0.25, -0.2) is 15.0 Å². The number of rotatable bonds is 5. The maximum Gasteiger partial charge on any atom is 0.231 e. The second-order valence-corrected chi connectivity index (χ2v) is 6.14. The van der Waals surface area contributed by atoms with Gasteiger partial charge in [0, 0.05) is 11.4 Å². The van der Waals surface area contributed by atoms with Crippen LogP contribution in [0, 0.1) is 13.8 Å². The number of anilines is 2. The molecular weight excluding hydrogens is 304 g/mol. The summed E-state index contributed by atoms with van der Waals surface area (Å²) in [6.07, 6.45) is 2.02. The Labute approximate surface area is 141 Å². The molecule has 0 saturated carbocycles. The highest BCUT2D eigenvalue weighted by molar-refractivity contribution is 5.76. The third kappa shape index (κ3) is 3.86. The predicted octanol–water partition coefficient (Wildman–Crippen LogP) is 1.85. The van der Waals surface area contributed by atoms with Crippen molar-refractivity contribution in [2.24, 2.45) is 5.73 Å². The Hall–Kier alpha value is -2.54. The topological polar surface area (TPSA) is 97.0 Å². The number of aryl methyl sites for hydroxylation is 2. The Kier molecular flexibility index (Phi) is 4.71. The maximum atomic E-state index is 11.2. The molecule has 0 radical (unpaired) electrons. The van der Waals surface area contributed by atoms with Gasteiger partial charge in [-0.2, -0.15) is 0 Å². The van der Waals surface area contributed by atoms with Gasteiger partial charge < -0.3 is 11.1 Å². The van der Waals surface area contributed by atoms with Crippen molar-refractivity contribution < 1.29 is 4.79 Å². The normalized spacial score (nSPS) is 17.8. The second kappa shape index (κ2) is 6.92. The van der Waals surface area contributed by atoms with Crippen LogP contribution >= 0.6 is 0 Å². The molecule has 1 aliphatic rings. The van der Waals surface area contributed by atoms with E-state index in [0.29, 0.717) is 11.8 Å². The number of hydrogen-bond acceptors (Lipinski definition) is 6. The summed E-state index contributed by atoms with van der Waals surface area (Å²) < 4.78 is 0. The Morgan fingerprint density at radius 2 is 2.04 bits per heavy atom. The van der Waals surface area contributed by atoms with Crippen LogP contribution in [0.2, 0.25) is 0 Å². The highest BCUT2D eigenvalue weighted by Gasteiger charge is 2.28. The lowest BCUT2D eigenvalue weighted by Gasteiger charge is -2.22. The van der Waals surface area contributed by atoms with Crippen LogP contribution in [0.1, 0.15) is 36.0 Å². The quantitative estimate of drug-likeness (QED) is 0.870. The Morgan fingerprint density at radius 1 is 1.29 bits per heavy atom. The first-order chi connectivity index (χ1) is 11.5. The van der Waals surface area contributed by atoms with Crippen molar-refractivity contribution in [3.05, 3.63) is 41.3 Å². The van der Waals surface area contributed by atoms with Gasteiger partial charge in [0.15, 0.2) is 0 Å². The fraction of sp³-hybridized carbons (Fsp3) is 0.412. The van der Waals surface area contributed by atoms with Crippen molar-refractivity contribution in [3.8, 4) is 0 Å². The lowest BCUT2D eigenvalue weighted by atomic mass is 10.1. The smallest absolute Gasteiger partial charge is 0.231 e. The third-order valence-electron chi connectivity index (χ3n) is 4.06. The summed E-state index contributed by atoms with van der Waals surface area (Å²) >= 11 is 0. The van der Waals surface area contributed by atoms with Crippen molar-refractivity contribution in [1.29, 1.82) is 0 Å². The zero-order valence-electron chi connectivity index (χ0n) is 14.0. The molecule has 0 aliphatic carbocycles. The molecule has 7 nitrogen and oxygen atoms in total. The highest BCUT2D eigenvalue weighted by Crippen LogP contribution is 2.31. The van der Waals surface area contributed by atoms with Crippen molar-refractivity contribution >= 4 is 17.7 Å². The van der Waals surface area contributed by atoms with E-state index in [0.717, 1.165) is 36.5 Å². The summed E-state index contributed by atoms with van der Waals surface area (Å²) in [6.45, 7) is 5.01. The molecule has 24 heavy (non-hydrogen) atoms. The molecule has 0 bridgehead atoms. The zero-order chi connectivity index (χ0) is 17.1. The van der Waals surface area contributed by atoms with Crippen LogP contribution in [0.3, 0.4) is 0 Å². The molecule has 3 heterocycles. The number of hydrogen-bond donors (Lipinski definition) is 2. The lowest BCUT2D eigenvalue weighted by Crippen LogP contribution is -2.33. The molecule has 0 unspecified atom stereocenters. The van der Waals surface area contributed by atoms with E-state index < -0.39 is 0 Å². The Morgan fingerprint density at radius 3 is 2.75 bits per heavy atom. The van der Waals surface area contributed by atoms with Crippen LogP contribution in [0.4, 0.5) is 11.8 Å². The average molecular weight is 326 g/mol. The van der Waals surface area contributed by atoms with Crippen LogP contribution < -0.4 is 11.1 Å². The zero-order valence-corrected chi connectivity index (χ0v) is 14.0. The average Bonchev–Trinajstić information content (AvgIpc) is 2.93. The molecule has 7 heteroatoms. The molecule has 126 valence electrons. The molecule has 2 aromatic heterocycles. The minimum atomic E-state index is -0.306. The van der Waals surface area contributed by atoms with E-state index in [1.807, 2.05) is 38.1 Å². The van der Waals surface area contributed by atoms with Gasteiger partial charge in [0.2, 0.25) is 11.9 Å². The third-order valence-corrected chi connectivity index (χ3v) is 4.06. The van der Waals surface area contributed by atoms with Gasteiger partial charge in [-0.3, -0.25) is 9.69 Å². The maximum absolute atomic E-state index is 11.2. The summed E-state index contributed by atoms with van der Waals surface area (Å²) in [5.74, 6) is 0.931. The van der Waals surface area contributed by atoms with E-state index in [4.69, 9.17) is 5.73 Å². The minimum absolute atomic E-state index is 0.124. The van der Waals surface area contributed by atoms with E-state index >= 15 is 0 Å². The van der Waals surface area contributed by atoms with E-state index in [-0.39, 0.29) is 18.5 Å². The van der Waals surface area contributed by atoms with Gasteiger partial charge in [-0.05, 0) is 51.4 Å². The summed E-state index contributed by atoms with van der Waals surface area (Å²) in [7, 11) is 0. The molecule has 1 atom stereocenters. The van der Waals surface area contributed by atoms with Crippen LogP contribution in [-0.4, -0.2) is 38.8 Å². The predicted molar refractivity (Wildman–Crippen MR) is 91.8 cm³/mol. The summed E-state index contributed by atoms with van der Waals surface area (Å²) in [5, 5.41) is 3.16. The van der Waals surface area contributed by atoms with E-state index in [1.54, 1.807) is 0 Å². The molecule has 1 fully saturated rings. The molecule has 3 N–H and O–H groups in total. The summed E-state index contributed by atoms with van der Waals surface area (Å²) in [5.41, 5.74) is 8.09. The van der Waals surface area contributed by atoms with Gasteiger partial charge >= 0.3 is 0 Å². The highest BCUT2D eigenvalue weighted by atomic mass is 16.1. The summed E-state index contributed by atoms with van der Waals surface area (Å²) in [6, 6.07) is 7.87. The fourth-order valence-corrected chi connectivity index (χ4v) is 3.15. The lowest BCUT2D eigenvalue weighted by molar-refractivity contribution is -0.119. The first-order valence-electron chi connectivity index (χ1n) is 8.10. The number of nitrogens with one attached hydrogen (secondary N) is 1. The van der Waals surface area contributed by atoms with Crippen LogP contribution in [0.25, 0.3) is 0 Å². The number of carbonyl (C=O) groups is 1. The van der Waals surface area contributed by atoms with E-state index in [1.165, 1.54) is 0 Å². The number of nitrogens with two attached hydrogens (primary N) is 1. The Bertz CT molecular complexity index is 727. The largest absolute Gasteiger partial charge is 0.369 e. The van der Waals surface area contributed by atoms with Crippen molar-refractivity contribution in [1.82, 2.24) is 19.9 Å². The molecule has 0 spiro atoms. The molecule has 1 saturated heterocycles. The number of carbonyl (C=O) groups excluding carboxylic acids is 1. The van der Waals surface area contributed by atoms with Gasteiger partial charge in [-0.15, -0.1) is 0 Å². The number of aromatic nitrogens is 3. The number of likely N-dealkylation sites (tertiary alicyclic amines) is 1. The van der Waals surface area contributed by atoms with Gasteiger partial charge in [0.25, 0.3) is 0 Å². The number of pyridine rings is 1. The van der Waals surface area contributed by atoms with Crippen LogP contribution in [-0.2, 0) is 4.79 Å². The number of nitrogens with zero attached hydrogens (tertiary/aromatic N) is 4. The number of amides is 1. The van der Waals surface area contributed by atoms with E-state index in [2.05, 4.69) is 25.2 Å². The standard InChI is InChI=1S/C17H22N6O/c1-11-9-12(2)20-17(19-11)22-16-7-3-5-13(21-16)14-6-4-8-23(14)10-15(18)24/h3,5,7,9,14H,4,6,8,10H2,1-2H3,(H2,18,24)(H,19,20,21,22)/t14-/m1/s1. The van der Waals surface area contributed by atoms with Crippen LogP contribution in [0.5, 0.6) is 0 Å². The minimum Gasteiger partial charge on any atom is -0.369 e. The fourth-order valence-electron chi connectivity index (χ4n) is 3.15. The molecule has 1 aliphatic heterocycles. The molecule has 0 aromatic carbocycles. The van der Waals surface area contributed by atoms with Gasteiger partial charge in [-0.1, -0.05) is 6.07 Å². The second-order valence-electron chi connectivity index (χ2n) is 6.14. The first-order valence-corrected chi connectivity index (χ1v) is 8.10. The van der Waals surface area contributed by atoms with Gasteiger partial charge in [0.05, 0.1) is 18.3 Å². The molecular formula is C17H22N6O. The summed E-state index contributed by atoms with van der Waals surface area (Å²) in [4.78, 5) is 26.8. The molecule has 1 amide bonds. The molecule has 3 rings (SSSR count). The van der Waals surface area contributed by atoms with E-state index in [9.17, 15) is 4.79 Å². The molecule has 2 aromatic rings. The van der Waals surface area contributed by atoms with Crippen molar-refractivity contribution in [3.63, 3.8) is 0 Å². The number of primary amides is 1. The van der Waals surface area contributed by atoms with Gasteiger partial charge in [0.1, 0.15) is 5.82 Å². The SMILES string of the molecule is Cc1cc(C)nc(Nc2cccc([C@H]3CCCN3CC(N)=O)n2)n1. The monoisotopic (exact) mass is 326 g/mol. The first kappa shape index (κ1) is 16.3. The Balaban J connectivity index is 1.80.